The van der Waals surface area contributed by atoms with E-state index in [2.05, 4.69) is 17.5 Å². The van der Waals surface area contributed by atoms with Gasteiger partial charge in [0.05, 0.1) is 11.6 Å². The van der Waals surface area contributed by atoms with Crippen LogP contribution in [-0.4, -0.2) is 35.3 Å². The Balaban J connectivity index is 1.42. The fourth-order valence-corrected chi connectivity index (χ4v) is 4.56. The van der Waals surface area contributed by atoms with Crippen molar-refractivity contribution in [2.75, 3.05) is 7.05 Å². The summed E-state index contributed by atoms with van der Waals surface area (Å²) >= 11 is 0. The maximum atomic E-state index is 12.6. The molecule has 3 N–H and O–H groups in total. The molecule has 4 rings (SSSR count). The van der Waals surface area contributed by atoms with E-state index in [0.29, 0.717) is 25.8 Å². The first-order valence-corrected chi connectivity index (χ1v) is 10.9. The fraction of sp³-hybridized carbons (Fsp3) is 0.400. The Bertz CT molecular complexity index is 1030. The van der Waals surface area contributed by atoms with Gasteiger partial charge in [0, 0.05) is 25.6 Å². The van der Waals surface area contributed by atoms with Crippen LogP contribution in [0.15, 0.2) is 42.5 Å². The number of nitrogens with zero attached hydrogens (tertiary/aromatic N) is 2. The number of benzene rings is 2. The van der Waals surface area contributed by atoms with Crippen LogP contribution in [0.1, 0.15) is 53.6 Å². The number of hydrogen-bond donors (Lipinski definition) is 2. The average molecular weight is 417 g/mol. The molecule has 1 saturated carbocycles. The average Bonchev–Trinajstić information content (AvgIpc) is 3.07. The lowest BCUT2D eigenvalue weighted by molar-refractivity contribution is -0.127. The molecule has 0 aromatic heterocycles. The molecular weight excluding hydrogens is 388 g/mol. The van der Waals surface area contributed by atoms with Crippen LogP contribution < -0.4 is 11.1 Å². The number of carbonyl (C=O) groups excluding carboxylic acids is 2. The Labute approximate surface area is 183 Å². The van der Waals surface area contributed by atoms with Crippen LogP contribution in [-0.2, 0) is 17.8 Å². The largest absolute Gasteiger partial charge is 0.338 e. The normalized spacial score (nSPS) is 18.2. The Morgan fingerprint density at radius 2 is 1.84 bits per heavy atom. The summed E-state index contributed by atoms with van der Waals surface area (Å²) in [7, 11) is 1.81. The van der Waals surface area contributed by atoms with E-state index in [1.807, 2.05) is 43.4 Å². The number of nitrogens with two attached hydrogens (primary N) is 1. The number of carbonyl (C=O) groups is 2. The van der Waals surface area contributed by atoms with Crippen LogP contribution in [0.4, 0.5) is 0 Å². The Morgan fingerprint density at radius 1 is 1.16 bits per heavy atom. The standard InChI is InChI=1S/C25H28N4O2/c1-29-16-20-14-19(9-10-22(20)23(29)30)18-7-5-17(6-8-18)13-21(15-26)28-24(31)25(27)11-3-2-4-12-25/h5-10,14,21H,2-4,11-13,16,27H2,1H3,(H,28,31)/t21-/m0/s1. The van der Waals surface area contributed by atoms with Crippen molar-refractivity contribution in [3.8, 4) is 17.2 Å². The van der Waals surface area contributed by atoms with Gasteiger partial charge in [-0.3, -0.25) is 9.59 Å². The maximum Gasteiger partial charge on any atom is 0.254 e. The molecule has 2 aromatic rings. The zero-order valence-corrected chi connectivity index (χ0v) is 17.9. The molecule has 1 fully saturated rings. The zero-order chi connectivity index (χ0) is 22.0. The Hall–Kier alpha value is -3.17. The van der Waals surface area contributed by atoms with Gasteiger partial charge < -0.3 is 16.0 Å². The molecule has 1 aliphatic heterocycles. The maximum absolute atomic E-state index is 12.6. The molecule has 0 saturated heterocycles. The van der Waals surface area contributed by atoms with Crippen molar-refractivity contribution in [3.05, 3.63) is 59.2 Å². The summed E-state index contributed by atoms with van der Waals surface area (Å²) in [4.78, 5) is 26.4. The molecule has 0 unspecified atom stereocenters. The van der Waals surface area contributed by atoms with Crippen molar-refractivity contribution >= 4 is 11.8 Å². The SMILES string of the molecule is CN1Cc2cc(-c3ccc(C[C@@H](C#N)NC(=O)C4(N)CCCCC4)cc3)ccc2C1=O. The molecule has 6 nitrogen and oxygen atoms in total. The predicted molar refractivity (Wildman–Crippen MR) is 119 cm³/mol. The van der Waals surface area contributed by atoms with Gasteiger partial charge in [-0.15, -0.1) is 0 Å². The quantitative estimate of drug-likeness (QED) is 0.782. The van der Waals surface area contributed by atoms with E-state index in [0.717, 1.165) is 47.1 Å². The summed E-state index contributed by atoms with van der Waals surface area (Å²) in [6.45, 7) is 0.631. The number of nitriles is 1. The van der Waals surface area contributed by atoms with E-state index < -0.39 is 11.6 Å². The van der Waals surface area contributed by atoms with Gasteiger partial charge in [-0.05, 0) is 47.2 Å². The van der Waals surface area contributed by atoms with Gasteiger partial charge in [0.15, 0.2) is 0 Å². The number of hydrogen-bond acceptors (Lipinski definition) is 4. The summed E-state index contributed by atoms with van der Waals surface area (Å²) < 4.78 is 0. The molecule has 0 spiro atoms. The third kappa shape index (κ3) is 4.33. The van der Waals surface area contributed by atoms with Gasteiger partial charge in [-0.25, -0.2) is 0 Å². The number of rotatable bonds is 5. The second-order valence-electron chi connectivity index (χ2n) is 8.81. The third-order valence-corrected chi connectivity index (χ3v) is 6.48. The van der Waals surface area contributed by atoms with Crippen LogP contribution in [0.2, 0.25) is 0 Å². The lowest BCUT2D eigenvalue weighted by Gasteiger charge is -2.32. The smallest absolute Gasteiger partial charge is 0.254 e. The van der Waals surface area contributed by atoms with E-state index in [-0.39, 0.29) is 11.8 Å². The first-order valence-electron chi connectivity index (χ1n) is 10.9. The molecule has 1 heterocycles. The van der Waals surface area contributed by atoms with E-state index in [1.54, 1.807) is 4.90 Å². The monoisotopic (exact) mass is 416 g/mol. The Kier molecular flexibility index (Phi) is 5.79. The molecule has 31 heavy (non-hydrogen) atoms. The molecule has 1 aliphatic carbocycles. The summed E-state index contributed by atoms with van der Waals surface area (Å²) in [5.74, 6) is -0.151. The van der Waals surface area contributed by atoms with Crippen LogP contribution >= 0.6 is 0 Å². The summed E-state index contributed by atoms with van der Waals surface area (Å²) in [6.07, 6.45) is 4.80. The second kappa shape index (κ2) is 8.52. The number of fused-ring (bicyclic) bond motifs is 1. The van der Waals surface area contributed by atoms with E-state index >= 15 is 0 Å². The minimum absolute atomic E-state index is 0.0639. The molecule has 6 heteroatoms. The van der Waals surface area contributed by atoms with Crippen molar-refractivity contribution in [1.29, 1.82) is 5.26 Å². The van der Waals surface area contributed by atoms with Crippen LogP contribution in [0.3, 0.4) is 0 Å². The number of nitrogens with one attached hydrogen (secondary N) is 1. The summed E-state index contributed by atoms with van der Waals surface area (Å²) in [5.41, 5.74) is 10.3. The lowest BCUT2D eigenvalue weighted by Crippen LogP contribution is -2.57. The van der Waals surface area contributed by atoms with Crippen LogP contribution in [0, 0.1) is 11.3 Å². The molecule has 2 amide bonds. The van der Waals surface area contributed by atoms with Gasteiger partial charge in [0.25, 0.3) is 5.91 Å². The van der Waals surface area contributed by atoms with Crippen molar-refractivity contribution in [2.24, 2.45) is 5.73 Å². The molecule has 0 bridgehead atoms. The lowest BCUT2D eigenvalue weighted by atomic mass is 9.81. The van der Waals surface area contributed by atoms with Gasteiger partial charge >= 0.3 is 0 Å². The van der Waals surface area contributed by atoms with Crippen molar-refractivity contribution in [3.63, 3.8) is 0 Å². The molecule has 1 atom stereocenters. The van der Waals surface area contributed by atoms with Gasteiger partial charge in [-0.1, -0.05) is 49.6 Å². The summed E-state index contributed by atoms with van der Waals surface area (Å²) in [6, 6.07) is 15.5. The minimum atomic E-state index is -0.847. The van der Waals surface area contributed by atoms with Gasteiger partial charge in [0.1, 0.15) is 6.04 Å². The van der Waals surface area contributed by atoms with Gasteiger partial charge in [0.2, 0.25) is 5.91 Å². The van der Waals surface area contributed by atoms with Crippen LogP contribution in [0.25, 0.3) is 11.1 Å². The fourth-order valence-electron chi connectivity index (χ4n) is 4.56. The van der Waals surface area contributed by atoms with E-state index in [1.165, 1.54) is 0 Å². The van der Waals surface area contributed by atoms with E-state index in [9.17, 15) is 14.9 Å². The molecule has 160 valence electrons. The van der Waals surface area contributed by atoms with Crippen molar-refractivity contribution in [1.82, 2.24) is 10.2 Å². The highest BCUT2D eigenvalue weighted by atomic mass is 16.2. The van der Waals surface area contributed by atoms with E-state index in [4.69, 9.17) is 5.73 Å². The van der Waals surface area contributed by atoms with Crippen molar-refractivity contribution in [2.45, 2.75) is 56.7 Å². The first-order chi connectivity index (χ1) is 14.9. The van der Waals surface area contributed by atoms with Crippen LogP contribution in [0.5, 0.6) is 0 Å². The zero-order valence-electron chi connectivity index (χ0n) is 17.9. The minimum Gasteiger partial charge on any atom is -0.338 e. The summed E-state index contributed by atoms with van der Waals surface area (Å²) in [5, 5.41) is 12.4. The highest BCUT2D eigenvalue weighted by Crippen LogP contribution is 2.29. The first kappa shape index (κ1) is 21.1. The highest BCUT2D eigenvalue weighted by molar-refractivity contribution is 5.98. The topological polar surface area (TPSA) is 99.2 Å². The van der Waals surface area contributed by atoms with Crippen molar-refractivity contribution < 1.29 is 9.59 Å². The molecule has 2 aliphatic rings. The second-order valence-corrected chi connectivity index (χ2v) is 8.81. The Morgan fingerprint density at radius 3 is 2.52 bits per heavy atom. The third-order valence-electron chi connectivity index (χ3n) is 6.48. The van der Waals surface area contributed by atoms with Gasteiger partial charge in [-0.2, -0.15) is 5.26 Å². The number of amides is 2. The molecule has 0 radical (unpaired) electrons. The highest BCUT2D eigenvalue weighted by Gasteiger charge is 2.36. The predicted octanol–water partition coefficient (Wildman–Crippen LogP) is 3.15. The molecular formula is C25H28N4O2. The molecule has 2 aromatic carbocycles.